The molecule has 2 aromatic carbocycles. The van der Waals surface area contributed by atoms with E-state index in [0.717, 1.165) is 22.8 Å². The van der Waals surface area contributed by atoms with Gasteiger partial charge in [0.05, 0.1) is 12.0 Å². The first kappa shape index (κ1) is 24.1. The van der Waals surface area contributed by atoms with Crippen LogP contribution in [0.2, 0.25) is 0 Å². The molecule has 2 aromatic rings. The summed E-state index contributed by atoms with van der Waals surface area (Å²) in [6, 6.07) is 13.8. The van der Waals surface area contributed by atoms with Gasteiger partial charge in [0, 0.05) is 12.8 Å². The zero-order chi connectivity index (χ0) is 25.1. The number of benzene rings is 2. The van der Waals surface area contributed by atoms with Gasteiger partial charge in [-0.3, -0.25) is 9.35 Å². The van der Waals surface area contributed by atoms with Crippen molar-refractivity contribution in [2.75, 3.05) is 6.61 Å². The molecule has 0 spiro atoms. The van der Waals surface area contributed by atoms with Crippen molar-refractivity contribution < 1.29 is 40.8 Å². The van der Waals surface area contributed by atoms with Crippen LogP contribution in [0.3, 0.4) is 0 Å². The Bertz CT molecular complexity index is 1270. The van der Waals surface area contributed by atoms with Crippen molar-refractivity contribution >= 4 is 32.8 Å². The van der Waals surface area contributed by atoms with Gasteiger partial charge in [0.1, 0.15) is 5.60 Å². The molecule has 0 saturated heterocycles. The lowest BCUT2D eigenvalue weighted by molar-refractivity contribution is -0.221. The number of rotatable bonds is 7. The van der Waals surface area contributed by atoms with E-state index in [2.05, 4.69) is 0 Å². The highest BCUT2D eigenvalue weighted by Crippen LogP contribution is 2.63. The Hall–Kier alpha value is -2.59. The van der Waals surface area contributed by atoms with Gasteiger partial charge in [0.15, 0.2) is 0 Å². The first-order valence-corrected chi connectivity index (χ1v) is 13.1. The Morgan fingerprint density at radius 1 is 1.03 bits per heavy atom. The molecule has 6 rings (SSSR count). The average Bonchev–Trinajstić information content (AvgIpc) is 2.77. The Morgan fingerprint density at radius 3 is 2.37 bits per heavy atom. The molecule has 2 atom stereocenters. The van der Waals surface area contributed by atoms with Crippen molar-refractivity contribution in [3.63, 3.8) is 0 Å². The number of carbonyl (C=O) groups is 2. The van der Waals surface area contributed by atoms with Gasteiger partial charge >= 0.3 is 27.3 Å². The molecule has 7 nitrogen and oxygen atoms in total. The third-order valence-corrected chi connectivity index (χ3v) is 8.61. The van der Waals surface area contributed by atoms with E-state index in [1.165, 1.54) is 0 Å². The van der Waals surface area contributed by atoms with E-state index in [1.807, 2.05) is 42.5 Å². The molecule has 4 aliphatic rings. The summed E-state index contributed by atoms with van der Waals surface area (Å²) < 4.78 is 69.4. The zero-order valence-electron chi connectivity index (χ0n) is 18.9. The Labute approximate surface area is 201 Å². The maximum absolute atomic E-state index is 13.9. The molecule has 0 aliphatic heterocycles. The first-order valence-electron chi connectivity index (χ1n) is 11.7. The Kier molecular flexibility index (Phi) is 5.67. The van der Waals surface area contributed by atoms with E-state index in [-0.39, 0.29) is 37.7 Å². The van der Waals surface area contributed by atoms with Gasteiger partial charge in [-0.2, -0.15) is 17.2 Å². The molecule has 0 aromatic heterocycles. The summed E-state index contributed by atoms with van der Waals surface area (Å²) in [7, 11) is -5.97. The predicted molar refractivity (Wildman–Crippen MR) is 121 cm³/mol. The fraction of sp³-hybridized carbons (Fsp3) is 0.520. The van der Waals surface area contributed by atoms with Crippen molar-refractivity contribution in [1.29, 1.82) is 0 Å². The lowest BCUT2D eigenvalue weighted by Gasteiger charge is -2.59. The van der Waals surface area contributed by atoms with Crippen molar-refractivity contribution in [2.24, 2.45) is 17.3 Å². The summed E-state index contributed by atoms with van der Waals surface area (Å²) in [6.45, 7) is 0.150. The summed E-state index contributed by atoms with van der Waals surface area (Å²) >= 11 is 0. The van der Waals surface area contributed by atoms with Crippen molar-refractivity contribution in [3.8, 4) is 0 Å². The Morgan fingerprint density at radius 2 is 1.69 bits per heavy atom. The highest BCUT2D eigenvalue weighted by Gasteiger charge is 2.65. The van der Waals surface area contributed by atoms with E-state index in [1.54, 1.807) is 0 Å². The van der Waals surface area contributed by atoms with Gasteiger partial charge in [-0.25, -0.2) is 4.79 Å². The summed E-state index contributed by atoms with van der Waals surface area (Å²) in [5.74, 6) is -2.78. The molecular formula is C25H26F2O7S. The molecule has 188 valence electrons. The molecule has 1 N–H and O–H groups in total. The molecular weight excluding hydrogens is 482 g/mol. The van der Waals surface area contributed by atoms with Crippen LogP contribution >= 0.6 is 0 Å². The second-order valence-corrected chi connectivity index (χ2v) is 11.8. The van der Waals surface area contributed by atoms with Crippen molar-refractivity contribution in [1.82, 2.24) is 0 Å². The molecule has 2 unspecified atom stereocenters. The monoisotopic (exact) mass is 508 g/mol. The number of halogens is 2. The van der Waals surface area contributed by atoms with Crippen LogP contribution in [-0.4, -0.2) is 42.4 Å². The average molecular weight is 509 g/mol. The molecule has 0 radical (unpaired) electrons. The van der Waals surface area contributed by atoms with Gasteiger partial charge in [0.25, 0.3) is 0 Å². The van der Waals surface area contributed by atoms with Crippen LogP contribution in [0.25, 0.3) is 10.8 Å². The van der Waals surface area contributed by atoms with E-state index in [9.17, 15) is 26.8 Å². The van der Waals surface area contributed by atoms with E-state index in [0.29, 0.717) is 19.3 Å². The smallest absolute Gasteiger partial charge is 0.465 e. The highest BCUT2D eigenvalue weighted by atomic mass is 32.2. The molecule has 4 bridgehead atoms. The largest absolute Gasteiger partial charge is 0.465 e. The fourth-order valence-electron chi connectivity index (χ4n) is 6.82. The standard InChI is InChI=1S/C25H26F2O7S/c26-25(27,35(30,31)32)22(29)34-24-13-16-10-17(14-24)12-23(11-16,15-24)21(28)33-9-8-19-6-3-5-18-4-1-2-7-20(18)19/h1-7,16-17H,8-15H2,(H,30,31,32). The van der Waals surface area contributed by atoms with Crippen LogP contribution < -0.4 is 0 Å². The molecule has 4 fully saturated rings. The number of ether oxygens (including phenoxy) is 2. The summed E-state index contributed by atoms with van der Waals surface area (Å²) in [5, 5.41) is -2.91. The normalized spacial score (nSPS) is 29.8. The number of alkyl halides is 2. The molecule has 35 heavy (non-hydrogen) atoms. The number of fused-ring (bicyclic) bond motifs is 1. The predicted octanol–water partition coefficient (Wildman–Crippen LogP) is 4.29. The van der Waals surface area contributed by atoms with Crippen LogP contribution in [0.4, 0.5) is 8.78 Å². The minimum absolute atomic E-state index is 0.00734. The van der Waals surface area contributed by atoms with E-state index < -0.39 is 38.3 Å². The molecule has 10 heteroatoms. The third kappa shape index (κ3) is 4.20. The van der Waals surface area contributed by atoms with Gasteiger partial charge in [-0.05, 0) is 60.3 Å². The molecule has 0 heterocycles. The van der Waals surface area contributed by atoms with Gasteiger partial charge in [-0.15, -0.1) is 0 Å². The lowest BCUT2D eigenvalue weighted by Crippen LogP contribution is -2.61. The topological polar surface area (TPSA) is 107 Å². The van der Waals surface area contributed by atoms with E-state index in [4.69, 9.17) is 14.0 Å². The summed E-state index contributed by atoms with van der Waals surface area (Å²) in [5.41, 5.74) is -1.29. The molecule has 4 saturated carbocycles. The fourth-order valence-corrected chi connectivity index (χ4v) is 7.07. The highest BCUT2D eigenvalue weighted by molar-refractivity contribution is 7.87. The van der Waals surface area contributed by atoms with Crippen LogP contribution in [0.1, 0.15) is 44.1 Å². The zero-order valence-corrected chi connectivity index (χ0v) is 19.7. The second-order valence-electron chi connectivity index (χ2n) is 10.3. The molecule has 4 aliphatic carbocycles. The van der Waals surface area contributed by atoms with Crippen molar-refractivity contribution in [3.05, 3.63) is 48.0 Å². The van der Waals surface area contributed by atoms with Crippen molar-refractivity contribution in [2.45, 2.75) is 55.8 Å². The maximum Gasteiger partial charge on any atom is 0.465 e. The maximum atomic E-state index is 13.9. The van der Waals surface area contributed by atoms with Crippen LogP contribution in [0.5, 0.6) is 0 Å². The quantitative estimate of drug-likeness (QED) is 0.439. The Balaban J connectivity index is 1.30. The summed E-state index contributed by atoms with van der Waals surface area (Å²) in [4.78, 5) is 25.4. The minimum Gasteiger partial charge on any atom is -0.465 e. The van der Waals surface area contributed by atoms with Gasteiger partial charge < -0.3 is 9.47 Å². The van der Waals surface area contributed by atoms with Crippen LogP contribution in [0, 0.1) is 17.3 Å². The molecule has 0 amide bonds. The number of esters is 2. The van der Waals surface area contributed by atoms with Crippen LogP contribution in [-0.2, 0) is 35.6 Å². The third-order valence-electron chi connectivity index (χ3n) is 7.80. The van der Waals surface area contributed by atoms with Gasteiger partial charge in [0.2, 0.25) is 0 Å². The first-order chi connectivity index (χ1) is 16.4. The van der Waals surface area contributed by atoms with Gasteiger partial charge in [-0.1, -0.05) is 42.5 Å². The SMILES string of the molecule is O=C(OCCc1cccc2ccccc12)C12CC3CC(CC(OC(=O)C(F)(F)S(=O)(=O)O)(C3)C1)C2. The number of carbonyl (C=O) groups excluding carboxylic acids is 2. The van der Waals surface area contributed by atoms with Crippen LogP contribution in [0.15, 0.2) is 42.5 Å². The lowest BCUT2D eigenvalue weighted by atomic mass is 9.48. The minimum atomic E-state index is -5.97. The second kappa shape index (κ2) is 8.23. The van der Waals surface area contributed by atoms with E-state index >= 15 is 0 Å². The number of hydrogen-bond donors (Lipinski definition) is 1. The summed E-state index contributed by atoms with van der Waals surface area (Å²) in [6.07, 6.45) is 2.90. The number of hydrogen-bond acceptors (Lipinski definition) is 6.